The SMILES string of the molecule is CN1CCC(c2cc(-c3cccc(-c4ccnc(Nc5cnn6c5CCC6)n4)n3)on2)C1=O. The van der Waals surface area contributed by atoms with Gasteiger partial charge in [0.2, 0.25) is 11.9 Å². The van der Waals surface area contributed by atoms with Crippen molar-refractivity contribution in [3.05, 3.63) is 54.1 Å². The van der Waals surface area contributed by atoms with E-state index in [4.69, 9.17) is 9.51 Å². The monoisotopic (exact) mass is 442 g/mol. The lowest BCUT2D eigenvalue weighted by Crippen LogP contribution is -2.21. The van der Waals surface area contributed by atoms with E-state index in [-0.39, 0.29) is 11.8 Å². The summed E-state index contributed by atoms with van der Waals surface area (Å²) in [5, 5.41) is 11.8. The maximum Gasteiger partial charge on any atom is 0.231 e. The molecule has 4 aromatic rings. The van der Waals surface area contributed by atoms with E-state index in [1.165, 1.54) is 5.69 Å². The molecular weight excluding hydrogens is 420 g/mol. The summed E-state index contributed by atoms with van der Waals surface area (Å²) in [7, 11) is 1.81. The Morgan fingerprint density at radius 1 is 1.12 bits per heavy atom. The Bertz CT molecular complexity index is 1340. The number of carbonyl (C=O) groups is 1. The third-order valence-electron chi connectivity index (χ3n) is 6.21. The maximum absolute atomic E-state index is 12.3. The van der Waals surface area contributed by atoms with E-state index in [0.29, 0.717) is 34.5 Å². The molecule has 166 valence electrons. The highest BCUT2D eigenvalue weighted by atomic mass is 16.5. The standard InChI is InChI=1S/C23H22N8O2/c1-30-11-8-14(22(30)32)18-12-21(33-29-18)17-5-2-4-15(26-17)16-7-9-24-23(27-16)28-19-13-25-31-10-3-6-20(19)31/h2,4-5,7,9,12-14H,3,6,8,10-11H2,1H3,(H,24,27,28). The lowest BCUT2D eigenvalue weighted by Gasteiger charge is -2.07. The van der Waals surface area contributed by atoms with E-state index in [1.54, 1.807) is 24.2 Å². The zero-order valence-corrected chi connectivity index (χ0v) is 18.1. The number of nitrogens with one attached hydrogen (secondary N) is 1. The number of fused-ring (bicyclic) bond motifs is 1. The molecule has 0 radical (unpaired) electrons. The molecule has 4 aromatic heterocycles. The molecule has 33 heavy (non-hydrogen) atoms. The minimum Gasteiger partial charge on any atom is -0.354 e. The van der Waals surface area contributed by atoms with Crippen molar-refractivity contribution in [2.75, 3.05) is 18.9 Å². The normalized spacial score (nSPS) is 17.5. The van der Waals surface area contributed by atoms with Crippen LogP contribution >= 0.6 is 0 Å². The fourth-order valence-corrected chi connectivity index (χ4v) is 4.44. The molecule has 0 spiro atoms. The maximum atomic E-state index is 12.3. The van der Waals surface area contributed by atoms with Crippen LogP contribution < -0.4 is 5.32 Å². The minimum atomic E-state index is -0.253. The number of aromatic nitrogens is 6. The van der Waals surface area contributed by atoms with Crippen LogP contribution in [-0.4, -0.2) is 54.3 Å². The number of likely N-dealkylation sites (tertiary alicyclic amines) is 1. The molecule has 1 fully saturated rings. The second kappa shape index (κ2) is 7.80. The Labute approximate surface area is 189 Å². The first-order valence-electron chi connectivity index (χ1n) is 11.0. The number of aryl methyl sites for hydroxylation is 1. The third kappa shape index (κ3) is 3.53. The number of rotatable bonds is 5. The van der Waals surface area contributed by atoms with Crippen LogP contribution in [0.2, 0.25) is 0 Å². The minimum absolute atomic E-state index is 0.0710. The van der Waals surface area contributed by atoms with E-state index in [2.05, 4.69) is 25.5 Å². The van der Waals surface area contributed by atoms with E-state index >= 15 is 0 Å². The molecule has 2 aliphatic heterocycles. The summed E-state index contributed by atoms with van der Waals surface area (Å²) in [4.78, 5) is 27.7. The summed E-state index contributed by atoms with van der Waals surface area (Å²) in [6.07, 6.45) is 6.36. The van der Waals surface area contributed by atoms with Gasteiger partial charge in [0.25, 0.3) is 0 Å². The number of carbonyl (C=O) groups excluding carboxylic acids is 1. The van der Waals surface area contributed by atoms with Crippen molar-refractivity contribution in [2.24, 2.45) is 0 Å². The second-order valence-electron chi connectivity index (χ2n) is 8.35. The van der Waals surface area contributed by atoms with Crippen molar-refractivity contribution in [1.29, 1.82) is 0 Å². The predicted octanol–water partition coefficient (Wildman–Crippen LogP) is 3.03. The van der Waals surface area contributed by atoms with Crippen LogP contribution in [0.15, 0.2) is 47.2 Å². The van der Waals surface area contributed by atoms with Gasteiger partial charge in [-0.05, 0) is 37.5 Å². The smallest absolute Gasteiger partial charge is 0.231 e. The fourth-order valence-electron chi connectivity index (χ4n) is 4.44. The Kier molecular flexibility index (Phi) is 4.63. The van der Waals surface area contributed by atoms with Crippen LogP contribution in [0.3, 0.4) is 0 Å². The lowest BCUT2D eigenvalue weighted by molar-refractivity contribution is -0.127. The number of hydrogen-bond donors (Lipinski definition) is 1. The molecule has 1 saturated heterocycles. The van der Waals surface area contributed by atoms with Gasteiger partial charge in [-0.2, -0.15) is 5.10 Å². The molecule has 0 bridgehead atoms. The first kappa shape index (κ1) is 19.6. The van der Waals surface area contributed by atoms with E-state index < -0.39 is 0 Å². The van der Waals surface area contributed by atoms with Gasteiger partial charge in [0.1, 0.15) is 5.69 Å². The molecular formula is C23H22N8O2. The van der Waals surface area contributed by atoms with Crippen molar-refractivity contribution in [2.45, 2.75) is 31.7 Å². The summed E-state index contributed by atoms with van der Waals surface area (Å²) in [5.74, 6) is 0.836. The van der Waals surface area contributed by atoms with Gasteiger partial charge in [-0.3, -0.25) is 9.48 Å². The molecule has 0 aromatic carbocycles. The third-order valence-corrected chi connectivity index (χ3v) is 6.21. The number of amides is 1. The van der Waals surface area contributed by atoms with Gasteiger partial charge in [-0.15, -0.1) is 0 Å². The zero-order valence-electron chi connectivity index (χ0n) is 18.1. The average Bonchev–Trinajstić information content (AvgIpc) is 3.62. The molecule has 1 amide bonds. The Balaban J connectivity index is 1.25. The van der Waals surface area contributed by atoms with Gasteiger partial charge in [0.05, 0.1) is 40.6 Å². The van der Waals surface area contributed by atoms with E-state index in [0.717, 1.165) is 38.0 Å². The van der Waals surface area contributed by atoms with Crippen molar-refractivity contribution in [3.63, 3.8) is 0 Å². The molecule has 1 atom stereocenters. The number of pyridine rings is 1. The van der Waals surface area contributed by atoms with Crippen LogP contribution in [0.4, 0.5) is 11.6 Å². The molecule has 6 heterocycles. The topological polar surface area (TPSA) is 115 Å². The molecule has 6 rings (SSSR count). The average molecular weight is 442 g/mol. The predicted molar refractivity (Wildman–Crippen MR) is 120 cm³/mol. The van der Waals surface area contributed by atoms with Crippen molar-refractivity contribution < 1.29 is 9.32 Å². The number of anilines is 2. The van der Waals surface area contributed by atoms with E-state index in [1.807, 2.05) is 35.1 Å². The molecule has 0 aliphatic carbocycles. The molecule has 0 saturated carbocycles. The first-order valence-corrected chi connectivity index (χ1v) is 11.0. The molecule has 1 unspecified atom stereocenters. The quantitative estimate of drug-likeness (QED) is 0.502. The van der Waals surface area contributed by atoms with Crippen LogP contribution in [0.5, 0.6) is 0 Å². The fraction of sp³-hybridized carbons (Fsp3) is 0.304. The van der Waals surface area contributed by atoms with Crippen LogP contribution in [-0.2, 0) is 17.8 Å². The summed E-state index contributed by atoms with van der Waals surface area (Å²) < 4.78 is 7.55. The van der Waals surface area contributed by atoms with Gasteiger partial charge >= 0.3 is 0 Å². The number of hydrogen-bond acceptors (Lipinski definition) is 8. The highest BCUT2D eigenvalue weighted by molar-refractivity contribution is 5.85. The van der Waals surface area contributed by atoms with Crippen LogP contribution in [0, 0.1) is 0 Å². The summed E-state index contributed by atoms with van der Waals surface area (Å²) in [6.45, 7) is 1.68. The zero-order chi connectivity index (χ0) is 22.4. The molecule has 10 heteroatoms. The Morgan fingerprint density at radius 3 is 2.88 bits per heavy atom. The Morgan fingerprint density at radius 2 is 2.00 bits per heavy atom. The van der Waals surface area contributed by atoms with Crippen molar-refractivity contribution in [1.82, 2.24) is 34.8 Å². The molecule has 10 nitrogen and oxygen atoms in total. The van der Waals surface area contributed by atoms with Crippen LogP contribution in [0.1, 0.15) is 30.1 Å². The van der Waals surface area contributed by atoms with Gasteiger partial charge in [-0.1, -0.05) is 11.2 Å². The number of likely N-dealkylation sites (N-methyl/N-ethyl adjacent to an activating group) is 1. The van der Waals surface area contributed by atoms with Gasteiger partial charge < -0.3 is 14.7 Å². The molecule has 1 N–H and O–H groups in total. The summed E-state index contributed by atoms with van der Waals surface area (Å²) in [6, 6.07) is 9.26. The first-order chi connectivity index (χ1) is 16.2. The largest absolute Gasteiger partial charge is 0.354 e. The second-order valence-corrected chi connectivity index (χ2v) is 8.35. The van der Waals surface area contributed by atoms with Crippen LogP contribution in [0.25, 0.3) is 22.8 Å². The van der Waals surface area contributed by atoms with Crippen molar-refractivity contribution >= 4 is 17.5 Å². The summed E-state index contributed by atoms with van der Waals surface area (Å²) in [5.41, 5.74) is 4.77. The Hall–Kier alpha value is -4.08. The summed E-state index contributed by atoms with van der Waals surface area (Å²) >= 11 is 0. The number of nitrogens with zero attached hydrogens (tertiary/aromatic N) is 7. The highest BCUT2D eigenvalue weighted by Crippen LogP contribution is 2.31. The van der Waals surface area contributed by atoms with Gasteiger partial charge in [0.15, 0.2) is 5.76 Å². The highest BCUT2D eigenvalue weighted by Gasteiger charge is 2.33. The van der Waals surface area contributed by atoms with Gasteiger partial charge in [-0.25, -0.2) is 15.0 Å². The van der Waals surface area contributed by atoms with Crippen molar-refractivity contribution in [3.8, 4) is 22.8 Å². The molecule has 2 aliphatic rings. The lowest BCUT2D eigenvalue weighted by atomic mass is 10.0. The van der Waals surface area contributed by atoms with Gasteiger partial charge in [0, 0.05) is 32.4 Å². The van der Waals surface area contributed by atoms with E-state index in [9.17, 15) is 4.79 Å².